The molecule has 24 heavy (non-hydrogen) atoms. The summed E-state index contributed by atoms with van der Waals surface area (Å²) < 4.78 is 6.07. The number of para-hydroxylation sites is 1. The molecule has 0 amide bonds. The lowest BCUT2D eigenvalue weighted by molar-refractivity contribution is 0.473. The summed E-state index contributed by atoms with van der Waals surface area (Å²) in [7, 11) is 1.50. The molecular weight excluding hydrogens is 318 g/mol. The van der Waals surface area contributed by atoms with E-state index in [0.717, 1.165) is 41.5 Å². The Morgan fingerprint density at radius 1 is 1.21 bits per heavy atom. The molecule has 0 radical (unpaired) electrons. The third-order valence-corrected chi connectivity index (χ3v) is 3.96. The number of unbranched alkanes of at least 4 members (excludes halogenated alkanes) is 1. The maximum Gasteiger partial charge on any atom is 0.164 e. The summed E-state index contributed by atoms with van der Waals surface area (Å²) in [5.74, 6) is 1.58. The fourth-order valence-corrected chi connectivity index (χ4v) is 2.64. The summed E-state index contributed by atoms with van der Waals surface area (Å²) >= 11 is 1.58. The molecule has 0 aliphatic rings. The highest BCUT2D eigenvalue weighted by molar-refractivity contribution is 7.98. The molecule has 0 atom stereocenters. The molecule has 5 heteroatoms. The van der Waals surface area contributed by atoms with Gasteiger partial charge in [-0.15, -0.1) is 11.8 Å². The first kappa shape index (κ1) is 19.9. The van der Waals surface area contributed by atoms with Crippen LogP contribution in [-0.2, 0) is 0 Å². The minimum atomic E-state index is 0.642. The Balaban J connectivity index is 0.00000139. The van der Waals surface area contributed by atoms with Crippen LogP contribution in [0.25, 0.3) is 0 Å². The molecule has 2 aromatic rings. The third kappa shape index (κ3) is 5.80. The van der Waals surface area contributed by atoms with Crippen LogP contribution in [-0.4, -0.2) is 19.8 Å². The first-order valence-corrected chi connectivity index (χ1v) is 9.17. The highest BCUT2D eigenvalue weighted by Crippen LogP contribution is 2.39. The Morgan fingerprint density at radius 3 is 2.50 bits per heavy atom. The van der Waals surface area contributed by atoms with Crippen molar-refractivity contribution < 1.29 is 4.74 Å². The van der Waals surface area contributed by atoms with E-state index >= 15 is 0 Å². The molecule has 128 valence electrons. The molecule has 0 fully saturated rings. The van der Waals surface area contributed by atoms with E-state index in [-0.39, 0.29) is 0 Å². The predicted molar refractivity (Wildman–Crippen MR) is 103 cm³/mol. The van der Waals surface area contributed by atoms with E-state index in [1.54, 1.807) is 11.8 Å². The van der Waals surface area contributed by atoms with Crippen molar-refractivity contribution in [2.24, 2.45) is 5.73 Å². The van der Waals surface area contributed by atoms with Crippen LogP contribution in [0.15, 0.2) is 47.4 Å². The lowest BCUT2D eigenvalue weighted by atomic mass is 10.2. The molecule has 2 aromatic carbocycles. The largest absolute Gasteiger partial charge is 0.454 e. The van der Waals surface area contributed by atoms with Gasteiger partial charge < -0.3 is 15.8 Å². The number of nitrogens with zero attached hydrogens (tertiary/aromatic N) is 1. The third-order valence-electron chi connectivity index (χ3n) is 3.21. The topological polar surface area (TPSA) is 71.1 Å². The number of hydrogen-bond acceptors (Lipinski definition) is 5. The van der Waals surface area contributed by atoms with Crippen LogP contribution in [0.3, 0.4) is 0 Å². The minimum absolute atomic E-state index is 0.642. The molecule has 0 spiro atoms. The van der Waals surface area contributed by atoms with Gasteiger partial charge in [0.25, 0.3) is 0 Å². The summed E-state index contributed by atoms with van der Waals surface area (Å²) in [4.78, 5) is 0.960. The van der Waals surface area contributed by atoms with E-state index in [2.05, 4.69) is 24.0 Å². The number of benzene rings is 2. The van der Waals surface area contributed by atoms with E-state index in [9.17, 15) is 5.26 Å². The monoisotopic (exact) mass is 343 g/mol. The number of rotatable bonds is 7. The Hall–Kier alpha value is -2.16. The van der Waals surface area contributed by atoms with Gasteiger partial charge >= 0.3 is 0 Å². The molecule has 0 unspecified atom stereocenters. The fraction of sp³-hybridized carbons (Fsp3) is 0.316. The molecular formula is C19H25N3OS. The van der Waals surface area contributed by atoms with Crippen molar-refractivity contribution in [2.45, 2.75) is 24.7 Å². The van der Waals surface area contributed by atoms with Crippen molar-refractivity contribution in [3.05, 3.63) is 48.0 Å². The maximum absolute atomic E-state index is 9.21. The van der Waals surface area contributed by atoms with E-state index in [1.165, 1.54) is 7.05 Å². The lowest BCUT2D eigenvalue weighted by Gasteiger charge is -2.16. The van der Waals surface area contributed by atoms with E-state index in [4.69, 9.17) is 4.74 Å². The molecule has 0 saturated heterocycles. The lowest BCUT2D eigenvalue weighted by Crippen LogP contribution is -2.04. The van der Waals surface area contributed by atoms with Crippen molar-refractivity contribution in [1.82, 2.24) is 0 Å². The van der Waals surface area contributed by atoms with Gasteiger partial charge in [-0.1, -0.05) is 31.5 Å². The first-order chi connectivity index (χ1) is 11.8. The number of nitrogens with one attached hydrogen (secondary N) is 1. The minimum Gasteiger partial charge on any atom is -0.454 e. The Labute approximate surface area is 149 Å². The molecule has 4 nitrogen and oxygen atoms in total. The number of ether oxygens (including phenoxy) is 1. The quantitative estimate of drug-likeness (QED) is 0.555. The molecule has 2 rings (SSSR count). The van der Waals surface area contributed by atoms with E-state index in [1.807, 2.05) is 48.7 Å². The average molecular weight is 343 g/mol. The standard InChI is InChI=1S/C18H20N2OS.CH5N/c1-3-4-10-20-16-11-14(13-19)12-17(22-2)18(16)21-15-8-6-5-7-9-15;1-2/h5-9,11-12,20H,3-4,10H2,1-2H3;2H2,1H3. The summed E-state index contributed by atoms with van der Waals surface area (Å²) in [5, 5.41) is 12.6. The smallest absolute Gasteiger partial charge is 0.164 e. The van der Waals surface area contributed by atoms with Crippen LogP contribution in [0.2, 0.25) is 0 Å². The number of nitrogens with two attached hydrogens (primary N) is 1. The highest BCUT2D eigenvalue weighted by atomic mass is 32.2. The van der Waals surface area contributed by atoms with Crippen molar-refractivity contribution in [2.75, 3.05) is 25.2 Å². The summed E-state index contributed by atoms with van der Waals surface area (Å²) in [5.41, 5.74) is 6.02. The molecule has 0 aromatic heterocycles. The van der Waals surface area contributed by atoms with Crippen molar-refractivity contribution in [3.8, 4) is 17.6 Å². The van der Waals surface area contributed by atoms with Crippen LogP contribution in [0.1, 0.15) is 25.3 Å². The predicted octanol–water partition coefficient (Wildman–Crippen LogP) is 4.86. The van der Waals surface area contributed by atoms with E-state index < -0.39 is 0 Å². The van der Waals surface area contributed by atoms with Gasteiger partial charge in [0, 0.05) is 6.54 Å². The molecule has 0 saturated carbocycles. The Bertz CT molecular complexity index is 654. The molecule has 0 heterocycles. The van der Waals surface area contributed by atoms with Gasteiger partial charge in [0.1, 0.15) is 5.75 Å². The zero-order valence-electron chi connectivity index (χ0n) is 14.5. The summed E-state index contributed by atoms with van der Waals surface area (Å²) in [6.07, 6.45) is 4.19. The van der Waals surface area contributed by atoms with Gasteiger partial charge in [-0.05, 0) is 44.0 Å². The maximum atomic E-state index is 9.21. The van der Waals surface area contributed by atoms with Crippen molar-refractivity contribution in [1.29, 1.82) is 5.26 Å². The second-order valence-corrected chi connectivity index (χ2v) is 5.71. The van der Waals surface area contributed by atoms with Crippen molar-refractivity contribution in [3.63, 3.8) is 0 Å². The number of thioether (sulfide) groups is 1. The van der Waals surface area contributed by atoms with Gasteiger partial charge in [0.15, 0.2) is 5.75 Å². The molecule has 3 N–H and O–H groups in total. The second-order valence-electron chi connectivity index (χ2n) is 4.86. The van der Waals surface area contributed by atoms with E-state index in [0.29, 0.717) is 5.56 Å². The Kier molecular flexibility index (Phi) is 9.44. The molecule has 0 bridgehead atoms. The van der Waals surface area contributed by atoms with Crippen LogP contribution in [0.4, 0.5) is 5.69 Å². The summed E-state index contributed by atoms with van der Waals surface area (Å²) in [6, 6.07) is 15.6. The Morgan fingerprint density at radius 2 is 1.92 bits per heavy atom. The average Bonchev–Trinajstić information content (AvgIpc) is 2.65. The SMILES string of the molecule is CCCCNc1cc(C#N)cc(SC)c1Oc1ccccc1.CN. The number of anilines is 1. The highest BCUT2D eigenvalue weighted by Gasteiger charge is 2.13. The zero-order chi connectivity index (χ0) is 17.8. The van der Waals surface area contributed by atoms with Gasteiger partial charge in [-0.3, -0.25) is 0 Å². The van der Waals surface area contributed by atoms with Crippen LogP contribution in [0.5, 0.6) is 11.5 Å². The van der Waals surface area contributed by atoms with Crippen LogP contribution >= 0.6 is 11.8 Å². The molecule has 0 aliphatic heterocycles. The fourth-order valence-electron chi connectivity index (χ4n) is 2.06. The zero-order valence-corrected chi connectivity index (χ0v) is 15.3. The van der Waals surface area contributed by atoms with Crippen molar-refractivity contribution >= 4 is 17.4 Å². The van der Waals surface area contributed by atoms with Gasteiger partial charge in [-0.2, -0.15) is 5.26 Å². The second kappa shape index (κ2) is 11.4. The van der Waals surface area contributed by atoms with Crippen LogP contribution < -0.4 is 15.8 Å². The number of nitriles is 1. The van der Waals surface area contributed by atoms with Gasteiger partial charge in [-0.25, -0.2) is 0 Å². The number of hydrogen-bond donors (Lipinski definition) is 2. The van der Waals surface area contributed by atoms with Crippen LogP contribution in [0, 0.1) is 11.3 Å². The van der Waals surface area contributed by atoms with Gasteiger partial charge in [0.05, 0.1) is 22.2 Å². The van der Waals surface area contributed by atoms with Gasteiger partial charge in [0.2, 0.25) is 0 Å². The normalized spacial score (nSPS) is 9.46. The molecule has 0 aliphatic carbocycles. The summed E-state index contributed by atoms with van der Waals surface area (Å²) in [6.45, 7) is 3.02. The first-order valence-electron chi connectivity index (χ1n) is 7.95.